The first-order chi connectivity index (χ1) is 12.0. The van der Waals surface area contributed by atoms with Gasteiger partial charge in [0.05, 0.1) is 5.60 Å². The van der Waals surface area contributed by atoms with Crippen LogP contribution in [-0.2, 0) is 10.3 Å². The first-order valence-corrected chi connectivity index (χ1v) is 9.88. The molecule has 0 bridgehead atoms. The molecule has 2 fully saturated rings. The van der Waals surface area contributed by atoms with Crippen molar-refractivity contribution in [2.45, 2.75) is 51.6 Å². The fourth-order valence-corrected chi connectivity index (χ4v) is 4.03. The van der Waals surface area contributed by atoms with Crippen molar-refractivity contribution in [1.29, 1.82) is 0 Å². The summed E-state index contributed by atoms with van der Waals surface area (Å²) in [6.07, 6.45) is 7.39. The van der Waals surface area contributed by atoms with Crippen molar-refractivity contribution in [3.8, 4) is 0 Å². The summed E-state index contributed by atoms with van der Waals surface area (Å²) in [6.45, 7) is 9.52. The number of benzene rings is 1. The van der Waals surface area contributed by atoms with Crippen LogP contribution in [0.5, 0.6) is 0 Å². The van der Waals surface area contributed by atoms with Crippen LogP contribution in [0.1, 0.15) is 57.1 Å². The summed E-state index contributed by atoms with van der Waals surface area (Å²) in [5.41, 5.74) is 3.14. The first-order valence-electron chi connectivity index (χ1n) is 9.88. The van der Waals surface area contributed by atoms with Gasteiger partial charge in [-0.2, -0.15) is 0 Å². The van der Waals surface area contributed by atoms with E-state index in [1.165, 1.54) is 44.5 Å². The lowest BCUT2D eigenvalue weighted by Gasteiger charge is -2.32. The molecular weight excluding hydrogens is 310 g/mol. The van der Waals surface area contributed by atoms with Crippen molar-refractivity contribution in [2.24, 2.45) is 5.92 Å². The minimum absolute atomic E-state index is 0.648. The average Bonchev–Trinajstić information content (AvgIpc) is 2.81. The second-order valence-corrected chi connectivity index (χ2v) is 8.12. The van der Waals surface area contributed by atoms with Crippen LogP contribution >= 0.6 is 0 Å². The molecule has 0 unspecified atom stereocenters. The Morgan fingerprint density at radius 1 is 1.12 bits per heavy atom. The quantitative estimate of drug-likeness (QED) is 0.889. The van der Waals surface area contributed by atoms with Crippen molar-refractivity contribution in [1.82, 2.24) is 4.90 Å². The molecule has 1 aromatic carbocycles. The average molecular weight is 344 g/mol. The lowest BCUT2D eigenvalue weighted by atomic mass is 9.86. The highest BCUT2D eigenvalue weighted by atomic mass is 16.5. The van der Waals surface area contributed by atoms with E-state index in [-0.39, 0.29) is 0 Å². The Balaban J connectivity index is 1.63. The van der Waals surface area contributed by atoms with Gasteiger partial charge < -0.3 is 14.7 Å². The third-order valence-corrected chi connectivity index (χ3v) is 5.48. The molecule has 0 spiro atoms. The summed E-state index contributed by atoms with van der Waals surface area (Å²) in [5, 5.41) is 10.8. The monoisotopic (exact) mass is 343 g/mol. The fraction of sp³-hybridized carbons (Fsp3) is 0.636. The largest absolute Gasteiger partial charge is 0.385 e. The number of nitrogens with zero attached hydrogens (tertiary/aromatic N) is 1. The molecule has 0 aromatic heterocycles. The Labute approximate surface area is 152 Å². The zero-order chi connectivity index (χ0) is 17.7. The molecule has 138 valence electrons. The predicted molar refractivity (Wildman–Crippen MR) is 103 cm³/mol. The molecule has 3 rings (SSSR count). The van der Waals surface area contributed by atoms with E-state index < -0.39 is 5.60 Å². The highest BCUT2D eigenvalue weighted by Crippen LogP contribution is 2.32. The highest BCUT2D eigenvalue weighted by molar-refractivity contribution is 5.53. The number of hydrogen-bond donors (Lipinski definition) is 1. The van der Waals surface area contributed by atoms with Crippen LogP contribution < -0.4 is 0 Å². The van der Waals surface area contributed by atoms with E-state index >= 15 is 0 Å². The SMILES string of the molecule is CC(C)CN1CCC/C(=C/c2ccc(C3(O)CCOCC3)cc2)CC1. The van der Waals surface area contributed by atoms with Crippen molar-refractivity contribution >= 4 is 6.08 Å². The van der Waals surface area contributed by atoms with E-state index in [2.05, 4.69) is 49.1 Å². The molecule has 2 heterocycles. The predicted octanol–water partition coefficient (Wildman–Crippen LogP) is 4.21. The summed E-state index contributed by atoms with van der Waals surface area (Å²) in [5.74, 6) is 0.745. The van der Waals surface area contributed by atoms with Gasteiger partial charge in [0.1, 0.15) is 0 Å². The molecule has 3 nitrogen and oxygen atoms in total. The standard InChI is InChI=1S/C22H33NO2/c1-18(2)17-23-12-3-4-19(9-13-23)16-20-5-7-21(8-6-20)22(24)10-14-25-15-11-22/h5-8,16,18,24H,3-4,9-15,17H2,1-2H3/b19-16-. The van der Waals surface area contributed by atoms with E-state index in [1.807, 2.05) is 0 Å². The molecular formula is C22H33NO2. The van der Waals surface area contributed by atoms with Crippen LogP contribution in [0.2, 0.25) is 0 Å². The number of likely N-dealkylation sites (tertiary alicyclic amines) is 1. The van der Waals surface area contributed by atoms with Crippen molar-refractivity contribution in [3.05, 3.63) is 41.0 Å². The topological polar surface area (TPSA) is 32.7 Å². The van der Waals surface area contributed by atoms with Gasteiger partial charge >= 0.3 is 0 Å². The number of rotatable bonds is 4. The summed E-state index contributed by atoms with van der Waals surface area (Å²) < 4.78 is 5.38. The number of hydrogen-bond acceptors (Lipinski definition) is 3. The van der Waals surface area contributed by atoms with E-state index in [1.54, 1.807) is 5.57 Å². The summed E-state index contributed by atoms with van der Waals surface area (Å²) >= 11 is 0. The molecule has 25 heavy (non-hydrogen) atoms. The van der Waals surface area contributed by atoms with E-state index in [0.717, 1.165) is 11.5 Å². The lowest BCUT2D eigenvalue weighted by molar-refractivity contribution is -0.0679. The maximum Gasteiger partial charge on any atom is 0.0940 e. The Morgan fingerprint density at radius 2 is 1.84 bits per heavy atom. The summed E-state index contributed by atoms with van der Waals surface area (Å²) in [7, 11) is 0. The normalized spacial score (nSPS) is 23.8. The second kappa shape index (κ2) is 8.48. The Hall–Kier alpha value is -1.16. The third-order valence-electron chi connectivity index (χ3n) is 5.48. The molecule has 0 radical (unpaired) electrons. The molecule has 2 aliphatic rings. The fourth-order valence-electron chi connectivity index (χ4n) is 4.03. The Kier molecular flexibility index (Phi) is 6.32. The van der Waals surface area contributed by atoms with Gasteiger partial charge in [0.25, 0.3) is 0 Å². The third kappa shape index (κ3) is 5.16. The molecule has 2 aliphatic heterocycles. The molecule has 3 heteroatoms. The smallest absolute Gasteiger partial charge is 0.0940 e. The zero-order valence-electron chi connectivity index (χ0n) is 15.8. The maximum atomic E-state index is 10.8. The van der Waals surface area contributed by atoms with Gasteiger partial charge in [-0.15, -0.1) is 0 Å². The first kappa shape index (κ1) is 18.6. The Morgan fingerprint density at radius 3 is 2.52 bits per heavy atom. The minimum Gasteiger partial charge on any atom is -0.385 e. The Bertz CT molecular complexity index is 570. The number of ether oxygens (including phenoxy) is 1. The minimum atomic E-state index is -0.705. The van der Waals surface area contributed by atoms with E-state index in [4.69, 9.17) is 4.74 Å². The molecule has 0 amide bonds. The summed E-state index contributed by atoms with van der Waals surface area (Å²) in [6, 6.07) is 8.51. The van der Waals surface area contributed by atoms with Crippen molar-refractivity contribution < 1.29 is 9.84 Å². The number of aliphatic hydroxyl groups is 1. The van der Waals surface area contributed by atoms with Crippen LogP contribution in [-0.4, -0.2) is 42.9 Å². The molecule has 0 atom stereocenters. The van der Waals surface area contributed by atoms with Gasteiger partial charge in [-0.05, 0) is 42.9 Å². The van der Waals surface area contributed by atoms with Gasteiger partial charge in [-0.1, -0.05) is 49.8 Å². The van der Waals surface area contributed by atoms with Gasteiger partial charge in [0.15, 0.2) is 0 Å². The van der Waals surface area contributed by atoms with E-state index in [9.17, 15) is 5.11 Å². The van der Waals surface area contributed by atoms with Gasteiger partial charge in [0.2, 0.25) is 0 Å². The van der Waals surface area contributed by atoms with Gasteiger partial charge in [0, 0.05) is 39.1 Å². The van der Waals surface area contributed by atoms with Crippen molar-refractivity contribution in [3.63, 3.8) is 0 Å². The van der Waals surface area contributed by atoms with E-state index in [0.29, 0.717) is 26.1 Å². The van der Waals surface area contributed by atoms with Crippen LogP contribution in [0.25, 0.3) is 6.08 Å². The van der Waals surface area contributed by atoms with Crippen LogP contribution in [0.3, 0.4) is 0 Å². The van der Waals surface area contributed by atoms with Crippen LogP contribution in [0.15, 0.2) is 29.8 Å². The van der Waals surface area contributed by atoms with Crippen LogP contribution in [0, 0.1) is 5.92 Å². The maximum absolute atomic E-state index is 10.8. The van der Waals surface area contributed by atoms with Gasteiger partial charge in [-0.25, -0.2) is 0 Å². The highest BCUT2D eigenvalue weighted by Gasteiger charge is 2.31. The zero-order valence-corrected chi connectivity index (χ0v) is 15.8. The summed E-state index contributed by atoms with van der Waals surface area (Å²) in [4.78, 5) is 2.61. The van der Waals surface area contributed by atoms with Crippen LogP contribution in [0.4, 0.5) is 0 Å². The lowest BCUT2D eigenvalue weighted by Crippen LogP contribution is -2.33. The second-order valence-electron chi connectivity index (χ2n) is 8.12. The van der Waals surface area contributed by atoms with Gasteiger partial charge in [-0.3, -0.25) is 0 Å². The van der Waals surface area contributed by atoms with Crippen molar-refractivity contribution in [2.75, 3.05) is 32.8 Å². The molecule has 1 N–H and O–H groups in total. The molecule has 0 saturated carbocycles. The molecule has 1 aromatic rings. The molecule has 2 saturated heterocycles. The molecule has 0 aliphatic carbocycles.